The molecule has 3 aromatic carbocycles. The van der Waals surface area contributed by atoms with Gasteiger partial charge in [0, 0.05) is 17.7 Å². The van der Waals surface area contributed by atoms with E-state index >= 15 is 0 Å². The number of nitrogens with one attached hydrogen (secondary N) is 1. The molecule has 0 bridgehead atoms. The van der Waals surface area contributed by atoms with E-state index in [-0.39, 0.29) is 22.5 Å². The van der Waals surface area contributed by atoms with Crippen LogP contribution in [0, 0.1) is 5.82 Å². The van der Waals surface area contributed by atoms with Crippen molar-refractivity contribution >= 4 is 22.8 Å². The van der Waals surface area contributed by atoms with Gasteiger partial charge < -0.3 is 5.32 Å². The van der Waals surface area contributed by atoms with E-state index < -0.39 is 5.82 Å². The molecule has 0 fully saturated rings. The third-order valence-corrected chi connectivity index (χ3v) is 4.81. The fourth-order valence-electron chi connectivity index (χ4n) is 2.40. The van der Waals surface area contributed by atoms with Crippen molar-refractivity contribution in [3.8, 4) is 0 Å². The monoisotopic (exact) mass is 365 g/mol. The van der Waals surface area contributed by atoms with Crippen molar-refractivity contribution in [2.45, 2.75) is 11.4 Å². The van der Waals surface area contributed by atoms with Crippen molar-refractivity contribution in [2.75, 3.05) is 0 Å². The third kappa shape index (κ3) is 4.37. The molecular formula is C21H16FNO2S. The van der Waals surface area contributed by atoms with Crippen molar-refractivity contribution in [3.05, 3.63) is 101 Å². The summed E-state index contributed by atoms with van der Waals surface area (Å²) in [5, 5.41) is 2.52. The lowest BCUT2D eigenvalue weighted by Crippen LogP contribution is -2.23. The number of carbonyl (C=O) groups is 2. The maximum atomic E-state index is 14.3. The second kappa shape index (κ2) is 8.45. The number of halogens is 1. The van der Waals surface area contributed by atoms with Gasteiger partial charge in [-0.05, 0) is 35.5 Å². The topological polar surface area (TPSA) is 46.2 Å². The smallest absolute Gasteiger partial charge is 0.251 e. The van der Waals surface area contributed by atoms with Gasteiger partial charge in [-0.1, -0.05) is 60.7 Å². The lowest BCUT2D eigenvalue weighted by atomic mass is 10.2. The van der Waals surface area contributed by atoms with Gasteiger partial charge in [0.1, 0.15) is 5.82 Å². The van der Waals surface area contributed by atoms with Crippen molar-refractivity contribution in [1.29, 1.82) is 0 Å². The molecule has 0 spiro atoms. The Bertz CT molecular complexity index is 914. The molecule has 0 saturated heterocycles. The minimum absolute atomic E-state index is 0.135. The summed E-state index contributed by atoms with van der Waals surface area (Å²) in [5.41, 5.74) is 1.59. The first-order valence-corrected chi connectivity index (χ1v) is 8.84. The largest absolute Gasteiger partial charge is 0.348 e. The highest BCUT2D eigenvalue weighted by Crippen LogP contribution is 2.29. The molecule has 0 aliphatic heterocycles. The molecule has 0 atom stereocenters. The Hall–Kier alpha value is -2.92. The van der Waals surface area contributed by atoms with Gasteiger partial charge in [0.2, 0.25) is 5.12 Å². The van der Waals surface area contributed by atoms with E-state index in [0.29, 0.717) is 16.7 Å². The number of hydrogen-bond donors (Lipinski definition) is 1. The van der Waals surface area contributed by atoms with E-state index in [1.54, 1.807) is 60.7 Å². The fourth-order valence-corrected chi connectivity index (χ4v) is 3.28. The minimum Gasteiger partial charge on any atom is -0.348 e. The first-order valence-electron chi connectivity index (χ1n) is 8.03. The molecule has 3 aromatic rings. The van der Waals surface area contributed by atoms with Gasteiger partial charge in [-0.25, -0.2) is 4.39 Å². The molecule has 5 heteroatoms. The van der Waals surface area contributed by atoms with Crippen LogP contribution in [0.3, 0.4) is 0 Å². The number of amides is 1. The van der Waals surface area contributed by atoms with Crippen LogP contribution in [0.2, 0.25) is 0 Å². The van der Waals surface area contributed by atoms with E-state index in [4.69, 9.17) is 0 Å². The second-order valence-electron chi connectivity index (χ2n) is 5.53. The van der Waals surface area contributed by atoms with Crippen molar-refractivity contribution in [3.63, 3.8) is 0 Å². The average Bonchev–Trinajstić information content (AvgIpc) is 2.69. The molecule has 1 amide bonds. The van der Waals surface area contributed by atoms with Crippen LogP contribution in [0.5, 0.6) is 0 Å². The van der Waals surface area contributed by atoms with E-state index in [1.165, 1.54) is 6.07 Å². The Morgan fingerprint density at radius 1 is 0.808 bits per heavy atom. The fraction of sp³-hybridized carbons (Fsp3) is 0.0476. The number of carbonyl (C=O) groups excluding carboxylic acids is 2. The Balaban J connectivity index is 1.75. The highest BCUT2D eigenvalue weighted by atomic mass is 32.2. The van der Waals surface area contributed by atoms with Gasteiger partial charge in [-0.3, -0.25) is 9.59 Å². The third-order valence-electron chi connectivity index (χ3n) is 3.73. The predicted molar refractivity (Wildman–Crippen MR) is 101 cm³/mol. The number of hydrogen-bond acceptors (Lipinski definition) is 3. The first kappa shape index (κ1) is 17.9. The number of benzene rings is 3. The van der Waals surface area contributed by atoms with Crippen molar-refractivity contribution in [2.24, 2.45) is 0 Å². The summed E-state index contributed by atoms with van der Waals surface area (Å²) < 4.78 is 14.3. The molecule has 0 aromatic heterocycles. The van der Waals surface area contributed by atoms with E-state index in [1.807, 2.05) is 12.1 Å². The summed E-state index contributed by atoms with van der Waals surface area (Å²) in [6.07, 6.45) is 0. The lowest BCUT2D eigenvalue weighted by Gasteiger charge is -2.11. The summed E-state index contributed by atoms with van der Waals surface area (Å²) in [6, 6.07) is 22.1. The van der Waals surface area contributed by atoms with Crippen LogP contribution in [0.1, 0.15) is 26.3 Å². The van der Waals surface area contributed by atoms with Crippen LogP contribution >= 0.6 is 11.8 Å². The zero-order valence-corrected chi connectivity index (χ0v) is 14.6. The van der Waals surface area contributed by atoms with Crippen LogP contribution in [0.15, 0.2) is 83.8 Å². The van der Waals surface area contributed by atoms with E-state index in [2.05, 4.69) is 5.32 Å². The molecule has 0 heterocycles. The van der Waals surface area contributed by atoms with Crippen LogP contribution in [0.4, 0.5) is 4.39 Å². The molecule has 0 unspecified atom stereocenters. The predicted octanol–water partition coefficient (Wildman–Crippen LogP) is 4.69. The number of thioether (sulfide) groups is 1. The molecule has 130 valence electrons. The van der Waals surface area contributed by atoms with Gasteiger partial charge in [0.25, 0.3) is 5.91 Å². The summed E-state index contributed by atoms with van der Waals surface area (Å²) in [6.45, 7) is 0.135. The standard InChI is InChI=1S/C21H16FNO2S/c22-18-13-7-12-17(14-23-20(24)15-8-3-1-4-9-15)19(18)26-21(25)16-10-5-2-6-11-16/h1-13H,14H2,(H,23,24). The summed E-state index contributed by atoms with van der Waals surface area (Å²) in [5.74, 6) is -0.731. The number of rotatable bonds is 5. The second-order valence-corrected chi connectivity index (χ2v) is 6.52. The summed E-state index contributed by atoms with van der Waals surface area (Å²) in [7, 11) is 0. The summed E-state index contributed by atoms with van der Waals surface area (Å²) >= 11 is 0.832. The Labute approximate surface area is 155 Å². The Kier molecular flexibility index (Phi) is 5.81. The quantitative estimate of drug-likeness (QED) is 0.667. The Morgan fingerprint density at radius 2 is 1.42 bits per heavy atom. The van der Waals surface area contributed by atoms with Crippen molar-refractivity contribution in [1.82, 2.24) is 5.32 Å². The average molecular weight is 365 g/mol. The van der Waals surface area contributed by atoms with E-state index in [0.717, 1.165) is 11.8 Å². The van der Waals surface area contributed by atoms with Gasteiger partial charge in [0.05, 0.1) is 4.90 Å². The maximum Gasteiger partial charge on any atom is 0.251 e. The molecule has 0 aliphatic carbocycles. The van der Waals surface area contributed by atoms with Crippen LogP contribution < -0.4 is 5.32 Å². The SMILES string of the molecule is O=C(NCc1cccc(F)c1SC(=O)c1ccccc1)c1ccccc1. The minimum atomic E-state index is -0.481. The van der Waals surface area contributed by atoms with Gasteiger partial charge in [-0.2, -0.15) is 0 Å². The highest BCUT2D eigenvalue weighted by Gasteiger charge is 2.16. The summed E-state index contributed by atoms with van der Waals surface area (Å²) in [4.78, 5) is 24.8. The molecular weight excluding hydrogens is 349 g/mol. The maximum absolute atomic E-state index is 14.3. The molecule has 0 saturated carbocycles. The van der Waals surface area contributed by atoms with Gasteiger partial charge in [0.15, 0.2) is 0 Å². The zero-order chi connectivity index (χ0) is 18.4. The lowest BCUT2D eigenvalue weighted by molar-refractivity contribution is 0.0950. The van der Waals surface area contributed by atoms with Crippen molar-refractivity contribution < 1.29 is 14.0 Å². The molecule has 1 N–H and O–H groups in total. The molecule has 0 aliphatic rings. The van der Waals surface area contributed by atoms with Crippen LogP contribution in [0.25, 0.3) is 0 Å². The van der Waals surface area contributed by atoms with Crippen LogP contribution in [-0.2, 0) is 6.54 Å². The molecule has 0 radical (unpaired) electrons. The molecule has 26 heavy (non-hydrogen) atoms. The highest BCUT2D eigenvalue weighted by molar-refractivity contribution is 8.14. The van der Waals surface area contributed by atoms with Crippen LogP contribution in [-0.4, -0.2) is 11.0 Å². The normalized spacial score (nSPS) is 10.3. The first-order chi connectivity index (χ1) is 12.6. The van der Waals surface area contributed by atoms with Gasteiger partial charge in [-0.15, -0.1) is 0 Å². The van der Waals surface area contributed by atoms with E-state index in [9.17, 15) is 14.0 Å². The Morgan fingerprint density at radius 3 is 2.08 bits per heavy atom. The zero-order valence-electron chi connectivity index (χ0n) is 13.8. The van der Waals surface area contributed by atoms with Gasteiger partial charge >= 0.3 is 0 Å². The molecule has 3 rings (SSSR count). The molecule has 3 nitrogen and oxygen atoms in total.